The predicted molar refractivity (Wildman–Crippen MR) is 39.0 cm³/mol. The lowest BCUT2D eigenvalue weighted by atomic mass is 10.2. The van der Waals surface area contributed by atoms with E-state index in [1.807, 2.05) is 6.92 Å². The number of nitrogen functional groups attached to an aromatic ring is 1. The summed E-state index contributed by atoms with van der Waals surface area (Å²) < 4.78 is 1.59. The normalized spacial score (nSPS) is 9.80. The Morgan fingerprint density at radius 2 is 2.40 bits per heavy atom. The van der Waals surface area contributed by atoms with Crippen LogP contribution in [-0.4, -0.2) is 15.6 Å². The highest BCUT2D eigenvalue weighted by atomic mass is 15.3. The quantitative estimate of drug-likeness (QED) is 0.424. The Bertz CT molecular complexity index is 241. The van der Waals surface area contributed by atoms with Crippen LogP contribution in [0.25, 0.3) is 0 Å². The van der Waals surface area contributed by atoms with Gasteiger partial charge in [0, 0.05) is 7.05 Å². The minimum absolute atomic E-state index is 0.0671. The third-order valence-corrected chi connectivity index (χ3v) is 1.38. The van der Waals surface area contributed by atoms with Crippen molar-refractivity contribution in [3.8, 4) is 0 Å². The molecule has 0 atom stereocenters. The second kappa shape index (κ2) is 2.13. The Balaban J connectivity index is 3.23. The van der Waals surface area contributed by atoms with Gasteiger partial charge in [-0.15, -0.1) is 0 Å². The smallest absolute Gasteiger partial charge is 0.141 e. The molecule has 0 aliphatic carbocycles. The van der Waals surface area contributed by atoms with E-state index in [1.165, 1.54) is 0 Å². The summed E-state index contributed by atoms with van der Waals surface area (Å²) in [5.41, 5.74) is 6.92. The fourth-order valence-corrected chi connectivity index (χ4v) is 0.934. The lowest BCUT2D eigenvalue weighted by Gasteiger charge is -1.98. The first-order valence-electron chi connectivity index (χ1n) is 2.96. The molecular formula is C6H10N4. The van der Waals surface area contributed by atoms with Crippen molar-refractivity contribution >= 4 is 5.84 Å². The maximum atomic E-state index is 7.15. The Kier molecular flexibility index (Phi) is 1.45. The lowest BCUT2D eigenvalue weighted by Crippen LogP contribution is -2.16. The maximum absolute atomic E-state index is 7.15. The summed E-state index contributed by atoms with van der Waals surface area (Å²) >= 11 is 0. The van der Waals surface area contributed by atoms with Gasteiger partial charge in [0.1, 0.15) is 11.5 Å². The molecule has 4 nitrogen and oxygen atoms in total. The highest BCUT2D eigenvalue weighted by molar-refractivity contribution is 5.94. The van der Waals surface area contributed by atoms with Crippen molar-refractivity contribution in [1.29, 1.82) is 5.41 Å². The van der Waals surface area contributed by atoms with E-state index in [9.17, 15) is 0 Å². The van der Waals surface area contributed by atoms with Crippen LogP contribution in [0, 0.1) is 12.3 Å². The fourth-order valence-electron chi connectivity index (χ4n) is 0.934. The summed E-state index contributed by atoms with van der Waals surface area (Å²) in [5.74, 6) is 0.0671. The van der Waals surface area contributed by atoms with Crippen molar-refractivity contribution < 1.29 is 0 Å². The first-order valence-corrected chi connectivity index (χ1v) is 2.96. The molecule has 0 aliphatic rings. The highest BCUT2D eigenvalue weighted by Gasteiger charge is 2.05. The number of amidine groups is 1. The second-order valence-electron chi connectivity index (χ2n) is 2.21. The number of nitrogens with zero attached hydrogens (tertiary/aromatic N) is 2. The zero-order chi connectivity index (χ0) is 7.72. The molecule has 0 fully saturated rings. The van der Waals surface area contributed by atoms with E-state index in [0.717, 1.165) is 5.56 Å². The van der Waals surface area contributed by atoms with Gasteiger partial charge in [0.05, 0.1) is 6.20 Å². The topological polar surface area (TPSA) is 67.7 Å². The van der Waals surface area contributed by atoms with Crippen molar-refractivity contribution in [1.82, 2.24) is 9.78 Å². The number of rotatable bonds is 1. The van der Waals surface area contributed by atoms with Gasteiger partial charge in [-0.3, -0.25) is 10.1 Å². The van der Waals surface area contributed by atoms with Gasteiger partial charge in [0.2, 0.25) is 0 Å². The molecule has 54 valence electrons. The van der Waals surface area contributed by atoms with Crippen LogP contribution in [0.2, 0.25) is 0 Å². The standard InChI is InChI=1S/C6H10N4/c1-4-3-9-10(2)5(4)6(7)8/h3H,1-2H3,(H3,7,8). The molecule has 1 heterocycles. The van der Waals surface area contributed by atoms with Gasteiger partial charge in [0.15, 0.2) is 0 Å². The van der Waals surface area contributed by atoms with E-state index in [-0.39, 0.29) is 5.84 Å². The summed E-state index contributed by atoms with van der Waals surface area (Å²) in [7, 11) is 1.77. The molecule has 4 heteroatoms. The van der Waals surface area contributed by atoms with Gasteiger partial charge in [-0.2, -0.15) is 5.10 Å². The number of aromatic nitrogens is 2. The summed E-state index contributed by atoms with van der Waals surface area (Å²) in [6.45, 7) is 1.88. The van der Waals surface area contributed by atoms with Crippen molar-refractivity contribution in [2.24, 2.45) is 12.8 Å². The zero-order valence-electron chi connectivity index (χ0n) is 6.05. The van der Waals surface area contributed by atoms with E-state index in [4.69, 9.17) is 11.1 Å². The average molecular weight is 138 g/mol. The van der Waals surface area contributed by atoms with E-state index < -0.39 is 0 Å². The maximum Gasteiger partial charge on any atom is 0.141 e. The SMILES string of the molecule is Cc1cnn(C)c1C(=N)N. The monoisotopic (exact) mass is 138 g/mol. The predicted octanol–water partition coefficient (Wildman–Crippen LogP) is 0.0126. The molecule has 0 bridgehead atoms. The molecule has 0 aliphatic heterocycles. The van der Waals surface area contributed by atoms with E-state index in [2.05, 4.69) is 5.10 Å². The molecule has 1 aromatic heterocycles. The van der Waals surface area contributed by atoms with Crippen LogP contribution in [-0.2, 0) is 7.05 Å². The van der Waals surface area contributed by atoms with Crippen LogP contribution in [0.15, 0.2) is 6.20 Å². The van der Waals surface area contributed by atoms with Crippen LogP contribution in [0.4, 0.5) is 0 Å². The lowest BCUT2D eigenvalue weighted by molar-refractivity contribution is 0.757. The van der Waals surface area contributed by atoms with E-state index >= 15 is 0 Å². The first-order chi connectivity index (χ1) is 4.63. The minimum atomic E-state index is 0.0671. The summed E-state index contributed by atoms with van der Waals surface area (Å²) in [6.07, 6.45) is 1.69. The summed E-state index contributed by atoms with van der Waals surface area (Å²) in [4.78, 5) is 0. The largest absolute Gasteiger partial charge is 0.382 e. The number of nitrogens with one attached hydrogen (secondary N) is 1. The average Bonchev–Trinajstić information content (AvgIpc) is 2.11. The second-order valence-corrected chi connectivity index (χ2v) is 2.21. The number of hydrogen-bond acceptors (Lipinski definition) is 2. The summed E-state index contributed by atoms with van der Waals surface area (Å²) in [5, 5.41) is 11.1. The van der Waals surface area contributed by atoms with Crippen molar-refractivity contribution in [2.45, 2.75) is 6.92 Å². The number of hydrogen-bond donors (Lipinski definition) is 2. The van der Waals surface area contributed by atoms with Gasteiger partial charge in [-0.1, -0.05) is 0 Å². The van der Waals surface area contributed by atoms with Gasteiger partial charge in [0.25, 0.3) is 0 Å². The zero-order valence-corrected chi connectivity index (χ0v) is 6.05. The number of nitrogens with two attached hydrogens (primary N) is 1. The molecule has 3 N–H and O–H groups in total. The van der Waals surface area contributed by atoms with Crippen molar-refractivity contribution in [3.63, 3.8) is 0 Å². The molecule has 1 rings (SSSR count). The molecule has 0 radical (unpaired) electrons. The Labute approximate surface area is 59.2 Å². The third kappa shape index (κ3) is 0.877. The van der Waals surface area contributed by atoms with Gasteiger partial charge in [-0.25, -0.2) is 0 Å². The molecule has 0 spiro atoms. The Morgan fingerprint density at radius 3 is 2.60 bits per heavy atom. The summed E-state index contributed by atoms with van der Waals surface area (Å²) in [6, 6.07) is 0. The van der Waals surface area contributed by atoms with Gasteiger partial charge < -0.3 is 5.73 Å². The van der Waals surface area contributed by atoms with Gasteiger partial charge >= 0.3 is 0 Å². The van der Waals surface area contributed by atoms with Gasteiger partial charge in [-0.05, 0) is 12.5 Å². The van der Waals surface area contributed by atoms with Crippen molar-refractivity contribution in [2.75, 3.05) is 0 Å². The van der Waals surface area contributed by atoms with E-state index in [1.54, 1.807) is 17.9 Å². The van der Waals surface area contributed by atoms with Crippen LogP contribution >= 0.6 is 0 Å². The Hall–Kier alpha value is -1.32. The van der Waals surface area contributed by atoms with E-state index in [0.29, 0.717) is 5.69 Å². The molecule has 10 heavy (non-hydrogen) atoms. The molecule has 0 aromatic carbocycles. The molecule has 0 unspecified atom stereocenters. The molecule has 1 aromatic rings. The van der Waals surface area contributed by atoms with Crippen LogP contribution in [0.5, 0.6) is 0 Å². The minimum Gasteiger partial charge on any atom is -0.382 e. The van der Waals surface area contributed by atoms with Crippen LogP contribution in [0.3, 0.4) is 0 Å². The fraction of sp³-hybridized carbons (Fsp3) is 0.333. The first kappa shape index (κ1) is 6.80. The van der Waals surface area contributed by atoms with Crippen LogP contribution in [0.1, 0.15) is 11.3 Å². The molecule has 0 saturated carbocycles. The Morgan fingerprint density at radius 1 is 1.80 bits per heavy atom. The number of aryl methyl sites for hydroxylation is 2. The molecule has 0 saturated heterocycles. The third-order valence-electron chi connectivity index (χ3n) is 1.38. The van der Waals surface area contributed by atoms with Crippen molar-refractivity contribution in [3.05, 3.63) is 17.5 Å². The molecule has 0 amide bonds. The van der Waals surface area contributed by atoms with Crippen LogP contribution < -0.4 is 5.73 Å². The molecular weight excluding hydrogens is 128 g/mol. The highest BCUT2D eigenvalue weighted by Crippen LogP contribution is 2.02.